The van der Waals surface area contributed by atoms with Gasteiger partial charge in [-0.05, 0) is 37.1 Å². The van der Waals surface area contributed by atoms with Crippen LogP contribution in [0.4, 0.5) is 5.69 Å². The van der Waals surface area contributed by atoms with Crippen molar-refractivity contribution in [1.82, 2.24) is 0 Å². The van der Waals surface area contributed by atoms with E-state index >= 15 is 0 Å². The molecule has 2 aromatic carbocycles. The Morgan fingerprint density at radius 2 is 1.96 bits per heavy atom. The monoisotopic (exact) mass is 329 g/mol. The zero-order valence-corrected chi connectivity index (χ0v) is 13.4. The van der Waals surface area contributed by atoms with Crippen LogP contribution in [0, 0.1) is 6.92 Å². The first-order valence-electron chi connectivity index (χ1n) is 7.29. The van der Waals surface area contributed by atoms with E-state index in [1.807, 2.05) is 31.2 Å². The minimum atomic E-state index is -0.315. The Kier molecular flexibility index (Phi) is 4.37. The van der Waals surface area contributed by atoms with Crippen LogP contribution in [0.25, 0.3) is 11.0 Å². The molecule has 0 spiro atoms. The van der Waals surface area contributed by atoms with Crippen LogP contribution < -0.4 is 5.32 Å². The predicted molar refractivity (Wildman–Crippen MR) is 91.1 cm³/mol. The summed E-state index contributed by atoms with van der Waals surface area (Å²) in [5, 5.41) is 13.0. The molecule has 0 aliphatic heterocycles. The number of amides is 1. The molecule has 2 N–H and O–H groups in total. The Morgan fingerprint density at radius 3 is 2.61 bits per heavy atom. The fourth-order valence-electron chi connectivity index (χ4n) is 2.50. The van der Waals surface area contributed by atoms with Crippen LogP contribution in [-0.2, 0) is 6.42 Å². The van der Waals surface area contributed by atoms with Crippen LogP contribution in [0.5, 0.6) is 0 Å². The van der Waals surface area contributed by atoms with Crippen LogP contribution in [-0.4, -0.2) is 17.6 Å². The highest BCUT2D eigenvalue weighted by Crippen LogP contribution is 2.31. The van der Waals surface area contributed by atoms with E-state index in [0.29, 0.717) is 22.7 Å². The zero-order valence-electron chi connectivity index (χ0n) is 12.6. The molecule has 0 aliphatic carbocycles. The minimum absolute atomic E-state index is 0.102. The van der Waals surface area contributed by atoms with Crippen molar-refractivity contribution in [1.29, 1.82) is 0 Å². The van der Waals surface area contributed by atoms with Gasteiger partial charge in [-0.15, -0.1) is 0 Å². The summed E-state index contributed by atoms with van der Waals surface area (Å²) in [6, 6.07) is 12.8. The summed E-state index contributed by atoms with van der Waals surface area (Å²) < 4.78 is 5.65. The number of hydrogen-bond donors (Lipinski definition) is 2. The number of aliphatic hydroxyl groups excluding tert-OH is 1. The quantitative estimate of drug-likeness (QED) is 0.754. The third-order valence-corrected chi connectivity index (χ3v) is 4.03. The number of fused-ring (bicyclic) bond motifs is 1. The largest absolute Gasteiger partial charge is 0.449 e. The number of aryl methyl sites for hydroxylation is 1. The fourth-order valence-corrected chi connectivity index (χ4v) is 2.71. The molecule has 0 radical (unpaired) electrons. The van der Waals surface area contributed by atoms with Gasteiger partial charge in [0.1, 0.15) is 0 Å². The lowest BCUT2D eigenvalue weighted by molar-refractivity contribution is 0.0998. The molecular weight excluding hydrogens is 314 g/mol. The van der Waals surface area contributed by atoms with Crippen LogP contribution >= 0.6 is 11.6 Å². The van der Waals surface area contributed by atoms with E-state index in [0.717, 1.165) is 16.5 Å². The summed E-state index contributed by atoms with van der Waals surface area (Å²) >= 11 is 6.11. The molecule has 0 saturated heterocycles. The molecule has 0 aliphatic rings. The molecule has 3 rings (SSSR count). The van der Waals surface area contributed by atoms with Crippen molar-refractivity contribution in [3.05, 3.63) is 64.4 Å². The van der Waals surface area contributed by atoms with Crippen molar-refractivity contribution in [2.75, 3.05) is 11.9 Å². The van der Waals surface area contributed by atoms with Crippen molar-refractivity contribution in [3.63, 3.8) is 0 Å². The first-order valence-corrected chi connectivity index (χ1v) is 7.66. The summed E-state index contributed by atoms with van der Waals surface area (Å²) in [6.45, 7) is 1.94. The first-order chi connectivity index (χ1) is 11.1. The molecule has 5 heteroatoms. The van der Waals surface area contributed by atoms with Crippen LogP contribution in [0.2, 0.25) is 5.02 Å². The number of aliphatic hydroxyl groups is 1. The molecule has 118 valence electrons. The normalized spacial score (nSPS) is 10.9. The second-order valence-electron chi connectivity index (χ2n) is 5.30. The summed E-state index contributed by atoms with van der Waals surface area (Å²) in [5.41, 5.74) is 2.96. The average molecular weight is 330 g/mol. The van der Waals surface area contributed by atoms with Crippen LogP contribution in [0.3, 0.4) is 0 Å². The van der Waals surface area contributed by atoms with Gasteiger partial charge in [-0.2, -0.15) is 0 Å². The molecule has 0 fully saturated rings. The summed E-state index contributed by atoms with van der Waals surface area (Å²) in [6.07, 6.45) is 0.593. The molecule has 4 nitrogen and oxygen atoms in total. The van der Waals surface area contributed by atoms with E-state index in [2.05, 4.69) is 5.32 Å². The lowest BCUT2D eigenvalue weighted by atomic mass is 10.1. The van der Waals surface area contributed by atoms with Crippen molar-refractivity contribution >= 4 is 34.2 Å². The number of halogens is 1. The molecule has 23 heavy (non-hydrogen) atoms. The number of furan rings is 1. The Bertz CT molecular complexity index is 853. The highest BCUT2D eigenvalue weighted by atomic mass is 35.5. The number of para-hydroxylation sites is 1. The maximum absolute atomic E-state index is 12.4. The van der Waals surface area contributed by atoms with E-state index in [1.165, 1.54) is 0 Å². The Morgan fingerprint density at radius 1 is 1.22 bits per heavy atom. The van der Waals surface area contributed by atoms with Gasteiger partial charge in [0.2, 0.25) is 0 Å². The van der Waals surface area contributed by atoms with E-state index in [1.54, 1.807) is 18.2 Å². The lowest BCUT2D eigenvalue weighted by Crippen LogP contribution is -2.12. The smallest absolute Gasteiger partial charge is 0.291 e. The Hall–Kier alpha value is -2.30. The predicted octanol–water partition coefficient (Wildman–Crippen LogP) is 4.18. The van der Waals surface area contributed by atoms with Gasteiger partial charge in [-0.25, -0.2) is 0 Å². The molecule has 0 atom stereocenters. The molecule has 1 heterocycles. The average Bonchev–Trinajstić information content (AvgIpc) is 2.88. The van der Waals surface area contributed by atoms with E-state index in [9.17, 15) is 4.79 Å². The number of benzene rings is 2. The van der Waals surface area contributed by atoms with Crippen LogP contribution in [0.1, 0.15) is 21.7 Å². The van der Waals surface area contributed by atoms with Gasteiger partial charge in [0.05, 0.1) is 5.02 Å². The maximum atomic E-state index is 12.4. The molecule has 3 aromatic rings. The van der Waals surface area contributed by atoms with Crippen molar-refractivity contribution in [2.24, 2.45) is 0 Å². The lowest BCUT2D eigenvalue weighted by Gasteiger charge is -2.05. The number of rotatable bonds is 4. The second-order valence-corrected chi connectivity index (χ2v) is 5.70. The van der Waals surface area contributed by atoms with Crippen molar-refractivity contribution < 1.29 is 14.3 Å². The highest BCUT2D eigenvalue weighted by molar-refractivity contribution is 6.35. The number of hydrogen-bond acceptors (Lipinski definition) is 3. The molecule has 0 unspecified atom stereocenters. The molecule has 1 amide bonds. The van der Waals surface area contributed by atoms with E-state index < -0.39 is 0 Å². The van der Waals surface area contributed by atoms with Gasteiger partial charge < -0.3 is 14.8 Å². The van der Waals surface area contributed by atoms with Crippen LogP contribution in [0.15, 0.2) is 46.9 Å². The standard InChI is InChI=1S/C18H16ClNO3/c1-11-14-3-2-4-15(19)17(14)23-16(11)18(22)20-13-7-5-12(6-8-13)9-10-21/h2-8,21H,9-10H2,1H3,(H,20,22). The van der Waals surface area contributed by atoms with Gasteiger partial charge in [0, 0.05) is 23.2 Å². The molecular formula is C18H16ClNO3. The Labute approximate surface area is 138 Å². The van der Waals surface area contributed by atoms with Gasteiger partial charge in [0.25, 0.3) is 5.91 Å². The summed E-state index contributed by atoms with van der Waals surface area (Å²) in [7, 11) is 0. The third-order valence-electron chi connectivity index (χ3n) is 3.73. The molecule has 1 aromatic heterocycles. The van der Waals surface area contributed by atoms with Gasteiger partial charge in [-0.1, -0.05) is 35.9 Å². The maximum Gasteiger partial charge on any atom is 0.291 e. The van der Waals surface area contributed by atoms with E-state index in [-0.39, 0.29) is 18.3 Å². The first kappa shape index (κ1) is 15.6. The second kappa shape index (κ2) is 6.44. The molecule has 0 bridgehead atoms. The fraction of sp³-hybridized carbons (Fsp3) is 0.167. The Balaban J connectivity index is 1.86. The minimum Gasteiger partial charge on any atom is -0.449 e. The summed E-state index contributed by atoms with van der Waals surface area (Å²) in [5.74, 6) is -0.0581. The highest BCUT2D eigenvalue weighted by Gasteiger charge is 2.19. The number of anilines is 1. The van der Waals surface area contributed by atoms with E-state index in [4.69, 9.17) is 21.1 Å². The molecule has 0 saturated carbocycles. The number of carbonyl (C=O) groups is 1. The van der Waals surface area contributed by atoms with Crippen molar-refractivity contribution in [2.45, 2.75) is 13.3 Å². The zero-order chi connectivity index (χ0) is 16.4. The summed E-state index contributed by atoms with van der Waals surface area (Å²) in [4.78, 5) is 12.4. The van der Waals surface area contributed by atoms with Gasteiger partial charge >= 0.3 is 0 Å². The SMILES string of the molecule is Cc1c(C(=O)Nc2ccc(CCO)cc2)oc2c(Cl)cccc12. The van der Waals surface area contributed by atoms with Gasteiger partial charge in [-0.3, -0.25) is 4.79 Å². The number of nitrogens with one attached hydrogen (secondary N) is 1. The van der Waals surface area contributed by atoms with Crippen molar-refractivity contribution in [3.8, 4) is 0 Å². The van der Waals surface area contributed by atoms with Gasteiger partial charge in [0.15, 0.2) is 11.3 Å². The topological polar surface area (TPSA) is 62.5 Å². The number of carbonyl (C=O) groups excluding carboxylic acids is 1. The third kappa shape index (κ3) is 3.09.